The Morgan fingerprint density at radius 1 is 1.44 bits per heavy atom. The fraction of sp³-hybridized carbons (Fsp3) is 0.385. The number of carbonyl (C=O) groups is 1. The normalized spacial score (nSPS) is 10.1. The molecule has 0 saturated heterocycles. The Morgan fingerprint density at radius 2 is 2.17 bits per heavy atom. The number of carbonyl (C=O) groups excluding carboxylic acids is 1. The molecule has 98 valence electrons. The van der Waals surface area contributed by atoms with Crippen molar-refractivity contribution < 1.29 is 4.79 Å². The molecule has 0 atom stereocenters. The van der Waals surface area contributed by atoms with Crippen molar-refractivity contribution in [2.24, 2.45) is 5.73 Å². The summed E-state index contributed by atoms with van der Waals surface area (Å²) in [6.07, 6.45) is 0.677. The van der Waals surface area contributed by atoms with Gasteiger partial charge in [0.05, 0.1) is 10.7 Å². The SMILES string of the molecule is Cc1cccc(NC(=O)CSCCC(N)=S)c1C. The minimum Gasteiger partial charge on any atom is -0.393 e. The van der Waals surface area contributed by atoms with Crippen molar-refractivity contribution in [1.29, 1.82) is 0 Å². The molecule has 1 amide bonds. The lowest BCUT2D eigenvalue weighted by Crippen LogP contribution is -2.16. The van der Waals surface area contributed by atoms with E-state index in [9.17, 15) is 4.79 Å². The summed E-state index contributed by atoms with van der Waals surface area (Å²) in [5, 5.41) is 2.92. The second-order valence-corrected chi connectivity index (χ2v) is 5.69. The van der Waals surface area contributed by atoms with Crippen molar-refractivity contribution in [3.63, 3.8) is 0 Å². The molecule has 0 saturated carbocycles. The molecule has 0 heterocycles. The van der Waals surface area contributed by atoms with E-state index in [-0.39, 0.29) is 5.91 Å². The average molecular weight is 282 g/mol. The zero-order chi connectivity index (χ0) is 13.5. The van der Waals surface area contributed by atoms with Gasteiger partial charge in [0.2, 0.25) is 5.91 Å². The van der Waals surface area contributed by atoms with Crippen LogP contribution < -0.4 is 11.1 Å². The predicted molar refractivity (Wildman–Crippen MR) is 83.3 cm³/mol. The molecule has 5 heteroatoms. The van der Waals surface area contributed by atoms with Crippen LogP contribution in [0.15, 0.2) is 18.2 Å². The molecule has 0 aliphatic carbocycles. The summed E-state index contributed by atoms with van der Waals surface area (Å²) in [6, 6.07) is 5.89. The predicted octanol–water partition coefficient (Wildman–Crippen LogP) is 2.65. The average Bonchev–Trinajstić information content (AvgIpc) is 2.30. The summed E-state index contributed by atoms with van der Waals surface area (Å²) in [6.45, 7) is 4.03. The number of rotatable bonds is 6. The molecule has 0 aromatic heterocycles. The van der Waals surface area contributed by atoms with E-state index in [1.54, 1.807) is 0 Å². The molecule has 0 aliphatic rings. The van der Waals surface area contributed by atoms with Crippen LogP contribution in [-0.4, -0.2) is 22.4 Å². The molecule has 0 radical (unpaired) electrons. The third-order valence-electron chi connectivity index (χ3n) is 2.60. The standard InChI is InChI=1S/C13H18N2OS2/c1-9-4-3-5-11(10(9)2)15-13(16)8-18-7-6-12(14)17/h3-5H,6-8H2,1-2H3,(H2,14,17)(H,15,16). The molecule has 0 spiro atoms. The van der Waals surface area contributed by atoms with Gasteiger partial charge < -0.3 is 11.1 Å². The van der Waals surface area contributed by atoms with Crippen LogP contribution in [0.5, 0.6) is 0 Å². The second kappa shape index (κ2) is 7.38. The minimum atomic E-state index is 0.0108. The highest BCUT2D eigenvalue weighted by Crippen LogP contribution is 2.18. The van der Waals surface area contributed by atoms with Gasteiger partial charge in [0.1, 0.15) is 0 Å². The molecular formula is C13H18N2OS2. The van der Waals surface area contributed by atoms with Gasteiger partial charge in [-0.1, -0.05) is 24.4 Å². The van der Waals surface area contributed by atoms with Crippen molar-refractivity contribution in [1.82, 2.24) is 0 Å². The van der Waals surface area contributed by atoms with E-state index in [1.165, 1.54) is 17.3 Å². The number of hydrogen-bond acceptors (Lipinski definition) is 3. The van der Waals surface area contributed by atoms with Gasteiger partial charge in [0.25, 0.3) is 0 Å². The zero-order valence-corrected chi connectivity index (χ0v) is 12.3. The van der Waals surface area contributed by atoms with Gasteiger partial charge in [-0.2, -0.15) is 11.8 Å². The Hall–Kier alpha value is -1.07. The highest BCUT2D eigenvalue weighted by molar-refractivity contribution is 8.00. The van der Waals surface area contributed by atoms with Crippen molar-refractivity contribution in [2.75, 3.05) is 16.8 Å². The summed E-state index contributed by atoms with van der Waals surface area (Å²) in [5.74, 6) is 1.22. The van der Waals surface area contributed by atoms with Crippen molar-refractivity contribution in [3.8, 4) is 0 Å². The van der Waals surface area contributed by atoms with E-state index in [1.807, 2.05) is 32.0 Å². The molecule has 3 nitrogen and oxygen atoms in total. The van der Waals surface area contributed by atoms with Crippen LogP contribution in [-0.2, 0) is 4.79 Å². The monoisotopic (exact) mass is 282 g/mol. The molecule has 18 heavy (non-hydrogen) atoms. The largest absolute Gasteiger partial charge is 0.393 e. The summed E-state index contributed by atoms with van der Waals surface area (Å²) >= 11 is 6.31. The lowest BCUT2D eigenvalue weighted by Gasteiger charge is -2.10. The van der Waals surface area contributed by atoms with Crippen LogP contribution in [0.3, 0.4) is 0 Å². The first-order valence-electron chi connectivity index (χ1n) is 5.73. The molecule has 3 N–H and O–H groups in total. The molecule has 0 fully saturated rings. The topological polar surface area (TPSA) is 55.1 Å². The van der Waals surface area contributed by atoms with Gasteiger partial charge in [-0.25, -0.2) is 0 Å². The number of thiocarbonyl (C=S) groups is 1. The highest BCUT2D eigenvalue weighted by atomic mass is 32.2. The summed E-state index contributed by atoms with van der Waals surface area (Å²) < 4.78 is 0. The number of anilines is 1. The zero-order valence-electron chi connectivity index (χ0n) is 10.7. The quantitative estimate of drug-likeness (QED) is 0.622. The fourth-order valence-corrected chi connectivity index (χ4v) is 2.41. The summed E-state index contributed by atoms with van der Waals surface area (Å²) in [4.78, 5) is 12.2. The van der Waals surface area contributed by atoms with Gasteiger partial charge in [-0.15, -0.1) is 0 Å². The molecular weight excluding hydrogens is 264 g/mol. The molecule has 1 aromatic carbocycles. The van der Waals surface area contributed by atoms with Crippen LogP contribution in [0.2, 0.25) is 0 Å². The Morgan fingerprint density at radius 3 is 2.83 bits per heavy atom. The van der Waals surface area contributed by atoms with Crippen molar-refractivity contribution in [3.05, 3.63) is 29.3 Å². The Balaban J connectivity index is 2.40. The number of hydrogen-bond donors (Lipinski definition) is 2. The third kappa shape index (κ3) is 5.06. The van der Waals surface area contributed by atoms with E-state index < -0.39 is 0 Å². The molecule has 0 unspecified atom stereocenters. The van der Waals surface area contributed by atoms with E-state index in [0.29, 0.717) is 17.2 Å². The lowest BCUT2D eigenvalue weighted by molar-refractivity contribution is -0.113. The molecule has 0 bridgehead atoms. The van der Waals surface area contributed by atoms with E-state index in [0.717, 1.165) is 17.0 Å². The van der Waals surface area contributed by atoms with E-state index in [4.69, 9.17) is 18.0 Å². The Labute approximate surface area is 118 Å². The summed E-state index contributed by atoms with van der Waals surface area (Å²) in [5.41, 5.74) is 8.56. The maximum atomic E-state index is 11.7. The van der Waals surface area contributed by atoms with Gasteiger partial charge in [0, 0.05) is 17.9 Å². The fourth-order valence-electron chi connectivity index (χ4n) is 1.41. The Bertz CT molecular complexity index is 447. The number of amides is 1. The molecule has 0 aliphatic heterocycles. The van der Waals surface area contributed by atoms with E-state index in [2.05, 4.69) is 5.32 Å². The number of thioether (sulfide) groups is 1. The Kier molecular flexibility index (Phi) is 6.15. The highest BCUT2D eigenvalue weighted by Gasteiger charge is 2.05. The van der Waals surface area contributed by atoms with Gasteiger partial charge in [-0.05, 0) is 31.0 Å². The van der Waals surface area contributed by atoms with Crippen LogP contribution in [0, 0.1) is 13.8 Å². The lowest BCUT2D eigenvalue weighted by atomic mass is 10.1. The smallest absolute Gasteiger partial charge is 0.234 e. The van der Waals surface area contributed by atoms with Crippen LogP contribution in [0.1, 0.15) is 17.5 Å². The summed E-state index contributed by atoms with van der Waals surface area (Å²) in [7, 11) is 0. The number of nitrogens with one attached hydrogen (secondary N) is 1. The van der Waals surface area contributed by atoms with Crippen LogP contribution in [0.25, 0.3) is 0 Å². The molecule has 1 rings (SSSR count). The van der Waals surface area contributed by atoms with E-state index >= 15 is 0 Å². The van der Waals surface area contributed by atoms with Crippen molar-refractivity contribution >= 4 is 40.6 Å². The first-order valence-corrected chi connectivity index (χ1v) is 7.29. The van der Waals surface area contributed by atoms with Crippen LogP contribution in [0.4, 0.5) is 5.69 Å². The first kappa shape index (κ1) is 15.0. The minimum absolute atomic E-state index is 0.0108. The van der Waals surface area contributed by atoms with Crippen LogP contribution >= 0.6 is 24.0 Å². The number of aryl methyl sites for hydroxylation is 1. The third-order valence-corrected chi connectivity index (χ3v) is 3.77. The van der Waals surface area contributed by atoms with Gasteiger partial charge in [0.15, 0.2) is 0 Å². The molecule has 1 aromatic rings. The number of benzene rings is 1. The van der Waals surface area contributed by atoms with Gasteiger partial charge >= 0.3 is 0 Å². The second-order valence-electron chi connectivity index (χ2n) is 4.06. The maximum absolute atomic E-state index is 11.7. The number of nitrogens with two attached hydrogens (primary N) is 1. The van der Waals surface area contributed by atoms with Gasteiger partial charge in [-0.3, -0.25) is 4.79 Å². The first-order chi connectivity index (χ1) is 8.50. The van der Waals surface area contributed by atoms with Crippen molar-refractivity contribution in [2.45, 2.75) is 20.3 Å². The maximum Gasteiger partial charge on any atom is 0.234 e.